The Hall–Kier alpha value is -1.13. The third kappa shape index (κ3) is 4.76. The van der Waals surface area contributed by atoms with Gasteiger partial charge in [-0.2, -0.15) is 0 Å². The lowest BCUT2D eigenvalue weighted by Gasteiger charge is -2.24. The van der Waals surface area contributed by atoms with Gasteiger partial charge in [0.05, 0.1) is 0 Å². The summed E-state index contributed by atoms with van der Waals surface area (Å²) in [5, 5.41) is 8.61. The number of rotatable bonds is 6. The predicted octanol–water partition coefficient (Wildman–Crippen LogP) is 3.64. The van der Waals surface area contributed by atoms with Gasteiger partial charge in [0.1, 0.15) is 5.82 Å². The van der Waals surface area contributed by atoms with E-state index in [0.29, 0.717) is 12.5 Å². The lowest BCUT2D eigenvalue weighted by Crippen LogP contribution is -2.24. The Bertz CT molecular complexity index is 442. The SMILES string of the molecule is Cl.O=C(O)CCCCN1CCCC1c1cccc(F)c1. The van der Waals surface area contributed by atoms with Crippen LogP contribution in [0.5, 0.6) is 0 Å². The van der Waals surface area contributed by atoms with Crippen molar-refractivity contribution in [1.29, 1.82) is 0 Å². The maximum atomic E-state index is 13.3. The molecule has 0 aliphatic carbocycles. The molecule has 0 saturated carbocycles. The lowest BCUT2D eigenvalue weighted by atomic mass is 10.0. The Labute approximate surface area is 125 Å². The van der Waals surface area contributed by atoms with Crippen molar-refractivity contribution in [1.82, 2.24) is 4.90 Å². The number of nitrogens with zero attached hydrogens (tertiary/aromatic N) is 1. The van der Waals surface area contributed by atoms with Crippen LogP contribution in [-0.2, 0) is 4.79 Å². The first-order chi connectivity index (χ1) is 9.16. The number of carboxylic acid groups (broad SMARTS) is 1. The second kappa shape index (κ2) is 8.22. The topological polar surface area (TPSA) is 40.5 Å². The normalized spacial score (nSPS) is 18.8. The number of hydrogen-bond donors (Lipinski definition) is 1. The standard InChI is InChI=1S/C15H20FNO2.ClH/c16-13-6-3-5-12(11-13)14-7-4-10-17(14)9-2-1-8-15(18)19;/h3,5-6,11,14H,1-2,4,7-10H2,(H,18,19);1H. The van der Waals surface area contributed by atoms with E-state index >= 15 is 0 Å². The first-order valence-corrected chi connectivity index (χ1v) is 6.88. The van der Waals surface area contributed by atoms with Crippen LogP contribution in [0.4, 0.5) is 4.39 Å². The van der Waals surface area contributed by atoms with Crippen molar-refractivity contribution in [2.24, 2.45) is 0 Å². The zero-order chi connectivity index (χ0) is 13.7. The van der Waals surface area contributed by atoms with E-state index in [1.165, 1.54) is 6.07 Å². The van der Waals surface area contributed by atoms with Crippen molar-refractivity contribution in [3.05, 3.63) is 35.6 Å². The fourth-order valence-corrected chi connectivity index (χ4v) is 2.78. The van der Waals surface area contributed by atoms with Crippen molar-refractivity contribution >= 4 is 18.4 Å². The predicted molar refractivity (Wildman–Crippen MR) is 78.7 cm³/mol. The molecule has 0 amide bonds. The van der Waals surface area contributed by atoms with Crippen molar-refractivity contribution in [2.45, 2.75) is 38.1 Å². The molecule has 1 atom stereocenters. The van der Waals surface area contributed by atoms with Crippen LogP contribution in [0.15, 0.2) is 24.3 Å². The molecule has 1 fully saturated rings. The van der Waals surface area contributed by atoms with Gasteiger partial charge < -0.3 is 5.11 Å². The van der Waals surface area contributed by atoms with Crippen LogP contribution >= 0.6 is 12.4 Å². The van der Waals surface area contributed by atoms with Crippen molar-refractivity contribution in [3.63, 3.8) is 0 Å². The minimum absolute atomic E-state index is 0. The summed E-state index contributed by atoms with van der Waals surface area (Å²) in [4.78, 5) is 12.8. The van der Waals surface area contributed by atoms with Crippen LogP contribution in [0.3, 0.4) is 0 Å². The maximum Gasteiger partial charge on any atom is 0.303 e. The lowest BCUT2D eigenvalue weighted by molar-refractivity contribution is -0.137. The molecule has 1 unspecified atom stereocenters. The molecule has 112 valence electrons. The molecule has 5 heteroatoms. The number of carboxylic acids is 1. The molecule has 1 saturated heterocycles. The van der Waals surface area contributed by atoms with Gasteiger partial charge in [-0.15, -0.1) is 12.4 Å². The smallest absolute Gasteiger partial charge is 0.303 e. The average Bonchev–Trinajstić information content (AvgIpc) is 2.83. The van der Waals surface area contributed by atoms with Crippen LogP contribution in [0, 0.1) is 5.82 Å². The van der Waals surface area contributed by atoms with Gasteiger partial charge in [0.15, 0.2) is 0 Å². The minimum Gasteiger partial charge on any atom is -0.481 e. The number of likely N-dealkylation sites (tertiary alicyclic amines) is 1. The van der Waals surface area contributed by atoms with Crippen molar-refractivity contribution < 1.29 is 14.3 Å². The molecule has 1 aliphatic heterocycles. The van der Waals surface area contributed by atoms with E-state index in [9.17, 15) is 9.18 Å². The molecule has 1 aliphatic rings. The molecule has 3 nitrogen and oxygen atoms in total. The summed E-state index contributed by atoms with van der Waals surface area (Å²) in [6.45, 7) is 1.92. The zero-order valence-electron chi connectivity index (χ0n) is 11.4. The molecule has 2 rings (SSSR count). The number of carbonyl (C=O) groups is 1. The quantitative estimate of drug-likeness (QED) is 0.816. The largest absolute Gasteiger partial charge is 0.481 e. The Morgan fingerprint density at radius 2 is 2.20 bits per heavy atom. The van der Waals surface area contributed by atoms with E-state index in [1.54, 1.807) is 12.1 Å². The average molecular weight is 302 g/mol. The molecule has 0 radical (unpaired) electrons. The highest BCUT2D eigenvalue weighted by molar-refractivity contribution is 5.85. The molecule has 0 spiro atoms. The Balaban J connectivity index is 0.00000200. The zero-order valence-corrected chi connectivity index (χ0v) is 12.2. The van der Waals surface area contributed by atoms with Gasteiger partial charge >= 0.3 is 5.97 Å². The van der Waals surface area contributed by atoms with Crippen LogP contribution in [-0.4, -0.2) is 29.1 Å². The summed E-state index contributed by atoms with van der Waals surface area (Å²) in [7, 11) is 0. The molecule has 1 N–H and O–H groups in total. The second-order valence-corrected chi connectivity index (χ2v) is 5.10. The Morgan fingerprint density at radius 3 is 2.90 bits per heavy atom. The summed E-state index contributed by atoms with van der Waals surface area (Å²) >= 11 is 0. The Kier molecular flexibility index (Phi) is 6.96. The molecule has 0 aromatic heterocycles. The van der Waals surface area contributed by atoms with Gasteiger partial charge in [-0.05, 0) is 56.5 Å². The van der Waals surface area contributed by atoms with Crippen LogP contribution < -0.4 is 0 Å². The third-order valence-corrected chi connectivity index (χ3v) is 3.68. The van der Waals surface area contributed by atoms with Crippen LogP contribution in [0.2, 0.25) is 0 Å². The number of aliphatic carboxylic acids is 1. The van der Waals surface area contributed by atoms with E-state index in [-0.39, 0.29) is 24.6 Å². The fraction of sp³-hybridized carbons (Fsp3) is 0.533. The number of halogens is 2. The first-order valence-electron chi connectivity index (χ1n) is 6.88. The maximum absolute atomic E-state index is 13.3. The molecule has 1 aromatic rings. The summed E-state index contributed by atoms with van der Waals surface area (Å²) < 4.78 is 13.3. The molecule has 0 bridgehead atoms. The highest BCUT2D eigenvalue weighted by Crippen LogP contribution is 2.32. The van der Waals surface area contributed by atoms with Gasteiger partial charge in [-0.3, -0.25) is 9.69 Å². The summed E-state index contributed by atoms with van der Waals surface area (Å²) in [6, 6.07) is 7.10. The number of benzene rings is 1. The molecule has 20 heavy (non-hydrogen) atoms. The van der Waals surface area contributed by atoms with Crippen LogP contribution in [0.1, 0.15) is 43.7 Å². The molecular weight excluding hydrogens is 281 g/mol. The van der Waals surface area contributed by atoms with Crippen molar-refractivity contribution in [3.8, 4) is 0 Å². The Morgan fingerprint density at radius 1 is 1.40 bits per heavy atom. The van der Waals surface area contributed by atoms with Crippen molar-refractivity contribution in [2.75, 3.05) is 13.1 Å². The van der Waals surface area contributed by atoms with E-state index in [0.717, 1.165) is 37.9 Å². The van der Waals surface area contributed by atoms with Gasteiger partial charge in [-0.1, -0.05) is 12.1 Å². The molecule has 1 aromatic carbocycles. The van der Waals surface area contributed by atoms with E-state index in [4.69, 9.17) is 5.11 Å². The monoisotopic (exact) mass is 301 g/mol. The van der Waals surface area contributed by atoms with E-state index < -0.39 is 5.97 Å². The van der Waals surface area contributed by atoms with E-state index in [1.807, 2.05) is 6.07 Å². The van der Waals surface area contributed by atoms with E-state index in [2.05, 4.69) is 4.90 Å². The summed E-state index contributed by atoms with van der Waals surface area (Å²) in [5.74, 6) is -0.918. The highest BCUT2D eigenvalue weighted by Gasteiger charge is 2.25. The van der Waals surface area contributed by atoms with Crippen LogP contribution in [0.25, 0.3) is 0 Å². The number of unbranched alkanes of at least 4 members (excludes halogenated alkanes) is 1. The second-order valence-electron chi connectivity index (χ2n) is 5.10. The number of hydrogen-bond acceptors (Lipinski definition) is 2. The fourth-order valence-electron chi connectivity index (χ4n) is 2.78. The molecule has 1 heterocycles. The van der Waals surface area contributed by atoms with Gasteiger partial charge in [0.2, 0.25) is 0 Å². The molecular formula is C15H21ClFNO2. The summed E-state index contributed by atoms with van der Waals surface area (Å²) in [5.41, 5.74) is 1.04. The third-order valence-electron chi connectivity index (χ3n) is 3.68. The first kappa shape index (κ1) is 16.9. The van der Waals surface area contributed by atoms with Gasteiger partial charge in [0, 0.05) is 12.5 Å². The minimum atomic E-state index is -0.733. The van der Waals surface area contributed by atoms with Gasteiger partial charge in [-0.25, -0.2) is 4.39 Å². The highest BCUT2D eigenvalue weighted by atomic mass is 35.5. The summed E-state index contributed by atoms with van der Waals surface area (Å²) in [6.07, 6.45) is 4.01. The van der Waals surface area contributed by atoms with Gasteiger partial charge in [0.25, 0.3) is 0 Å².